The third-order valence-corrected chi connectivity index (χ3v) is 2.58. The number of nitrogens with one attached hydrogen (secondary N) is 1. The van der Waals surface area contributed by atoms with E-state index in [9.17, 15) is 14.9 Å². The highest BCUT2D eigenvalue weighted by Gasteiger charge is 2.14. The summed E-state index contributed by atoms with van der Waals surface area (Å²) in [7, 11) is 3.25. The van der Waals surface area contributed by atoms with Gasteiger partial charge in [0.1, 0.15) is 5.69 Å². The molecule has 1 amide bonds. The summed E-state index contributed by atoms with van der Waals surface area (Å²) in [6.45, 7) is 0.0181. The van der Waals surface area contributed by atoms with Gasteiger partial charge in [-0.1, -0.05) is 15.9 Å². The van der Waals surface area contributed by atoms with Crippen molar-refractivity contribution in [2.24, 2.45) is 0 Å². The Balaban J connectivity index is 2.86. The van der Waals surface area contributed by atoms with Crippen LogP contribution >= 0.6 is 15.9 Å². The minimum atomic E-state index is -0.491. The van der Waals surface area contributed by atoms with Gasteiger partial charge in [0.25, 0.3) is 5.69 Å². The lowest BCUT2D eigenvalue weighted by Crippen LogP contribution is -2.28. The predicted octanol–water partition coefficient (Wildman–Crippen LogP) is 1.86. The molecule has 0 saturated carbocycles. The van der Waals surface area contributed by atoms with E-state index >= 15 is 0 Å². The molecule has 0 atom stereocenters. The third-order valence-electron chi connectivity index (χ3n) is 2.08. The number of anilines is 1. The monoisotopic (exact) mass is 301 g/mol. The van der Waals surface area contributed by atoms with Crippen LogP contribution in [0.15, 0.2) is 22.7 Å². The molecular formula is C10H12BrN3O3. The quantitative estimate of drug-likeness (QED) is 0.680. The summed E-state index contributed by atoms with van der Waals surface area (Å²) in [6, 6.07) is 4.53. The van der Waals surface area contributed by atoms with Crippen molar-refractivity contribution < 1.29 is 9.72 Å². The molecule has 0 aliphatic carbocycles. The molecule has 17 heavy (non-hydrogen) atoms. The second kappa shape index (κ2) is 5.62. The summed E-state index contributed by atoms with van der Waals surface area (Å²) in [5, 5.41) is 13.5. The minimum Gasteiger partial charge on any atom is -0.371 e. The first kappa shape index (κ1) is 13.4. The molecule has 0 aromatic heterocycles. The summed E-state index contributed by atoms with van der Waals surface area (Å²) in [4.78, 5) is 23.1. The third kappa shape index (κ3) is 3.70. The summed E-state index contributed by atoms with van der Waals surface area (Å²) >= 11 is 3.22. The van der Waals surface area contributed by atoms with Crippen molar-refractivity contribution in [1.29, 1.82) is 0 Å². The number of benzene rings is 1. The number of nitro benzene ring substituents is 1. The molecule has 0 fully saturated rings. The van der Waals surface area contributed by atoms with Gasteiger partial charge >= 0.3 is 0 Å². The SMILES string of the molecule is CN(C)C(=O)CNc1cc(Br)ccc1[N+](=O)[O-]. The number of carbonyl (C=O) groups is 1. The molecule has 0 bridgehead atoms. The number of hydrogen-bond acceptors (Lipinski definition) is 4. The van der Waals surface area contributed by atoms with Crippen molar-refractivity contribution in [2.75, 3.05) is 26.0 Å². The van der Waals surface area contributed by atoms with Crippen LogP contribution in [-0.2, 0) is 4.79 Å². The van der Waals surface area contributed by atoms with Crippen LogP contribution in [0.1, 0.15) is 0 Å². The number of rotatable bonds is 4. The molecule has 0 aliphatic heterocycles. The Kier molecular flexibility index (Phi) is 4.45. The normalized spacial score (nSPS) is 9.82. The summed E-state index contributed by atoms with van der Waals surface area (Å²) in [5.41, 5.74) is 0.263. The van der Waals surface area contributed by atoms with Gasteiger partial charge < -0.3 is 10.2 Å². The van der Waals surface area contributed by atoms with E-state index in [0.717, 1.165) is 0 Å². The van der Waals surface area contributed by atoms with Crippen LogP contribution in [0.3, 0.4) is 0 Å². The Labute approximate surface area is 107 Å². The van der Waals surface area contributed by atoms with Crippen LogP contribution < -0.4 is 5.32 Å². The molecule has 6 nitrogen and oxygen atoms in total. The molecular weight excluding hydrogens is 290 g/mol. The number of nitro groups is 1. The maximum atomic E-state index is 11.4. The lowest BCUT2D eigenvalue weighted by Gasteiger charge is -2.12. The number of hydrogen-bond donors (Lipinski definition) is 1. The number of nitrogens with zero attached hydrogens (tertiary/aromatic N) is 2. The lowest BCUT2D eigenvalue weighted by atomic mass is 10.2. The van der Waals surface area contributed by atoms with Crippen LogP contribution in [-0.4, -0.2) is 36.4 Å². The van der Waals surface area contributed by atoms with Crippen molar-refractivity contribution in [2.45, 2.75) is 0 Å². The van der Waals surface area contributed by atoms with Crippen LogP contribution in [0.2, 0.25) is 0 Å². The van der Waals surface area contributed by atoms with Gasteiger partial charge in [0, 0.05) is 24.6 Å². The molecule has 7 heteroatoms. The highest BCUT2D eigenvalue weighted by Crippen LogP contribution is 2.27. The summed E-state index contributed by atoms with van der Waals surface area (Å²) in [6.07, 6.45) is 0. The van der Waals surface area contributed by atoms with E-state index in [4.69, 9.17) is 0 Å². The zero-order valence-electron chi connectivity index (χ0n) is 9.44. The maximum absolute atomic E-state index is 11.4. The van der Waals surface area contributed by atoms with E-state index in [1.165, 1.54) is 11.0 Å². The Morgan fingerprint density at radius 1 is 1.53 bits per heavy atom. The maximum Gasteiger partial charge on any atom is 0.292 e. The zero-order chi connectivity index (χ0) is 13.0. The number of halogens is 1. The van der Waals surface area contributed by atoms with Crippen LogP contribution in [0.4, 0.5) is 11.4 Å². The number of carbonyl (C=O) groups excluding carboxylic acids is 1. The molecule has 0 heterocycles. The number of likely N-dealkylation sites (N-methyl/N-ethyl adjacent to an activating group) is 1. The molecule has 1 aromatic carbocycles. The van der Waals surface area contributed by atoms with E-state index < -0.39 is 4.92 Å². The first-order valence-corrected chi connectivity index (χ1v) is 5.59. The van der Waals surface area contributed by atoms with Crippen molar-refractivity contribution in [3.05, 3.63) is 32.8 Å². The van der Waals surface area contributed by atoms with Crippen LogP contribution in [0, 0.1) is 10.1 Å². The van der Waals surface area contributed by atoms with Crippen molar-refractivity contribution in [3.63, 3.8) is 0 Å². The van der Waals surface area contributed by atoms with Crippen LogP contribution in [0.5, 0.6) is 0 Å². The van der Waals surface area contributed by atoms with Gasteiger partial charge in [0.2, 0.25) is 5.91 Å². The molecule has 1 aromatic rings. The van der Waals surface area contributed by atoms with E-state index in [2.05, 4.69) is 21.2 Å². The van der Waals surface area contributed by atoms with Gasteiger partial charge in [0.05, 0.1) is 11.5 Å². The smallest absolute Gasteiger partial charge is 0.292 e. The highest BCUT2D eigenvalue weighted by molar-refractivity contribution is 9.10. The Morgan fingerprint density at radius 3 is 2.71 bits per heavy atom. The standard InChI is InChI=1S/C10H12BrN3O3/c1-13(2)10(15)6-12-8-5-7(11)3-4-9(8)14(16)17/h3-5,12H,6H2,1-2H3. The van der Waals surface area contributed by atoms with Gasteiger partial charge in [-0.05, 0) is 12.1 Å². The van der Waals surface area contributed by atoms with E-state index in [-0.39, 0.29) is 18.1 Å². The largest absolute Gasteiger partial charge is 0.371 e. The van der Waals surface area contributed by atoms with Gasteiger partial charge in [-0.3, -0.25) is 14.9 Å². The van der Waals surface area contributed by atoms with Gasteiger partial charge in [0.15, 0.2) is 0 Å². The highest BCUT2D eigenvalue weighted by atomic mass is 79.9. The Morgan fingerprint density at radius 2 is 2.18 bits per heavy atom. The van der Waals surface area contributed by atoms with E-state index in [1.807, 2.05) is 0 Å². The average Bonchev–Trinajstić information content (AvgIpc) is 2.25. The molecule has 0 saturated heterocycles. The Bertz CT molecular complexity index is 448. The molecule has 1 rings (SSSR count). The second-order valence-corrected chi connectivity index (χ2v) is 4.48. The van der Waals surface area contributed by atoms with E-state index in [1.54, 1.807) is 26.2 Å². The number of amides is 1. The lowest BCUT2D eigenvalue weighted by molar-refractivity contribution is -0.384. The molecule has 0 aliphatic rings. The van der Waals surface area contributed by atoms with E-state index in [0.29, 0.717) is 10.2 Å². The predicted molar refractivity (Wildman–Crippen MR) is 68.0 cm³/mol. The fourth-order valence-corrected chi connectivity index (χ4v) is 1.50. The molecule has 0 unspecified atom stereocenters. The van der Waals surface area contributed by atoms with Crippen LogP contribution in [0.25, 0.3) is 0 Å². The fourth-order valence-electron chi connectivity index (χ4n) is 1.14. The van der Waals surface area contributed by atoms with Crippen molar-refractivity contribution >= 4 is 33.2 Å². The van der Waals surface area contributed by atoms with Crippen molar-refractivity contribution in [1.82, 2.24) is 4.90 Å². The Hall–Kier alpha value is -1.63. The zero-order valence-corrected chi connectivity index (χ0v) is 11.0. The second-order valence-electron chi connectivity index (χ2n) is 3.56. The first-order valence-electron chi connectivity index (χ1n) is 4.80. The van der Waals surface area contributed by atoms with Gasteiger partial charge in [-0.25, -0.2) is 0 Å². The molecule has 92 valence electrons. The average molecular weight is 302 g/mol. The van der Waals surface area contributed by atoms with Crippen molar-refractivity contribution in [3.8, 4) is 0 Å². The molecule has 0 radical (unpaired) electrons. The summed E-state index contributed by atoms with van der Waals surface area (Å²) < 4.78 is 0.711. The van der Waals surface area contributed by atoms with Gasteiger partial charge in [-0.2, -0.15) is 0 Å². The first-order chi connectivity index (χ1) is 7.91. The topological polar surface area (TPSA) is 75.5 Å². The van der Waals surface area contributed by atoms with Gasteiger partial charge in [-0.15, -0.1) is 0 Å². The molecule has 1 N–H and O–H groups in total. The fraction of sp³-hybridized carbons (Fsp3) is 0.300. The summed E-state index contributed by atoms with van der Waals surface area (Å²) in [5.74, 6) is -0.153. The minimum absolute atomic E-state index is 0.0181. The molecule has 0 spiro atoms.